The largest absolute Gasteiger partial charge is 0.432 e. The first-order valence-corrected chi connectivity index (χ1v) is 13.6. The number of nitrogens with zero attached hydrogens (tertiary/aromatic N) is 2. The predicted octanol–water partition coefficient (Wildman–Crippen LogP) is 7.16. The number of amides is 1. The van der Waals surface area contributed by atoms with Gasteiger partial charge in [-0.1, -0.05) is 12.1 Å². The molecule has 0 aromatic carbocycles. The fraction of sp³-hybridized carbons (Fsp3) is 0.571. The third-order valence-electron chi connectivity index (χ3n) is 7.51. The monoisotopic (exact) mass is 555 g/mol. The lowest BCUT2D eigenvalue weighted by molar-refractivity contribution is -0.278. The van der Waals surface area contributed by atoms with Crippen LogP contribution in [-0.2, 0) is 16.7 Å². The van der Waals surface area contributed by atoms with Crippen molar-refractivity contribution in [3.8, 4) is 0 Å². The molecule has 5 nitrogen and oxygen atoms in total. The highest BCUT2D eigenvalue weighted by Gasteiger charge is 2.70. The summed E-state index contributed by atoms with van der Waals surface area (Å²) < 4.78 is 64.9. The molecule has 1 N–H and O–H groups in total. The number of alkyl halides is 3. The van der Waals surface area contributed by atoms with Crippen LogP contribution in [0.15, 0.2) is 42.6 Å². The second kappa shape index (κ2) is 11.3. The van der Waals surface area contributed by atoms with Crippen molar-refractivity contribution in [2.75, 3.05) is 13.1 Å². The molecule has 2 unspecified atom stereocenters. The van der Waals surface area contributed by atoms with Crippen molar-refractivity contribution < 1.29 is 27.1 Å². The SMILES string of the molecule is C/C=C\C(OC(=O)NC(C)C)(C(F)(F)F)C1(CCc2ccc(F)s2)CCN(C(C)(C)c2ccc(C)nc2)C1. The number of likely N-dealkylation sites (tertiary alicyclic amines) is 1. The summed E-state index contributed by atoms with van der Waals surface area (Å²) in [6, 6.07) is 6.32. The molecule has 1 fully saturated rings. The van der Waals surface area contributed by atoms with Crippen LogP contribution >= 0.6 is 11.3 Å². The first kappa shape index (κ1) is 30.1. The Morgan fingerprint density at radius 2 is 1.97 bits per heavy atom. The zero-order valence-electron chi connectivity index (χ0n) is 22.8. The fourth-order valence-electron chi connectivity index (χ4n) is 5.32. The van der Waals surface area contributed by atoms with Gasteiger partial charge >= 0.3 is 12.3 Å². The van der Waals surface area contributed by atoms with Crippen molar-refractivity contribution in [1.29, 1.82) is 0 Å². The van der Waals surface area contributed by atoms with E-state index in [2.05, 4.69) is 10.3 Å². The highest BCUT2D eigenvalue weighted by atomic mass is 32.1. The molecule has 0 aliphatic carbocycles. The van der Waals surface area contributed by atoms with Gasteiger partial charge in [0, 0.05) is 40.3 Å². The van der Waals surface area contributed by atoms with E-state index in [1.165, 1.54) is 19.1 Å². The van der Waals surface area contributed by atoms with Crippen molar-refractivity contribution >= 4 is 17.4 Å². The molecule has 2 aromatic rings. The van der Waals surface area contributed by atoms with Gasteiger partial charge in [0.1, 0.15) is 0 Å². The number of hydrogen-bond acceptors (Lipinski definition) is 5. The lowest BCUT2D eigenvalue weighted by atomic mass is 9.66. The number of alkyl carbamates (subject to hydrolysis) is 1. The number of ether oxygens (including phenoxy) is 1. The van der Waals surface area contributed by atoms with Crippen LogP contribution in [0.1, 0.15) is 63.6 Å². The highest BCUT2D eigenvalue weighted by molar-refractivity contribution is 7.10. The Hall–Kier alpha value is -2.46. The Morgan fingerprint density at radius 1 is 1.26 bits per heavy atom. The average molecular weight is 556 g/mol. The molecule has 10 heteroatoms. The van der Waals surface area contributed by atoms with Gasteiger partial charge in [-0.25, -0.2) is 4.79 Å². The van der Waals surface area contributed by atoms with Gasteiger partial charge in [0.05, 0.1) is 0 Å². The van der Waals surface area contributed by atoms with Crippen LogP contribution in [0.25, 0.3) is 0 Å². The molecule has 3 rings (SSSR count). The summed E-state index contributed by atoms with van der Waals surface area (Å²) in [7, 11) is 0. The summed E-state index contributed by atoms with van der Waals surface area (Å²) in [5, 5.41) is 2.06. The molecule has 1 aliphatic heterocycles. The Kier molecular flexibility index (Phi) is 8.98. The maximum atomic E-state index is 15.2. The minimum absolute atomic E-state index is 0.0144. The van der Waals surface area contributed by atoms with Crippen LogP contribution < -0.4 is 5.32 Å². The van der Waals surface area contributed by atoms with Crippen molar-refractivity contribution in [3.05, 3.63) is 63.9 Å². The number of allylic oxidation sites excluding steroid dienone is 1. The Morgan fingerprint density at radius 3 is 2.50 bits per heavy atom. The number of hydrogen-bond donors (Lipinski definition) is 1. The highest BCUT2D eigenvalue weighted by Crippen LogP contribution is 2.56. The molecule has 2 atom stereocenters. The second-order valence-electron chi connectivity index (χ2n) is 10.8. The van der Waals surface area contributed by atoms with Crippen molar-refractivity contribution in [2.24, 2.45) is 5.41 Å². The molecule has 2 aromatic heterocycles. The third kappa shape index (κ3) is 6.06. The molecular formula is C28H37F4N3O2S. The molecule has 1 saturated heterocycles. The third-order valence-corrected chi connectivity index (χ3v) is 8.45. The lowest BCUT2D eigenvalue weighted by Crippen LogP contribution is -2.62. The standard InChI is InChI=1S/C28H37F4N3O2S/c1-7-13-27(28(30,31)32,37-24(36)34-19(2)3)26(14-12-22-10-11-23(29)38-22)15-16-35(18-26)25(5,6)21-9-8-20(4)33-17-21/h7-11,13,17,19H,12,14-16,18H2,1-6H3,(H,34,36)/b13-7-. The van der Waals surface area contributed by atoms with Gasteiger partial charge in [0.2, 0.25) is 5.60 Å². The average Bonchev–Trinajstić information content (AvgIpc) is 3.44. The number of halogens is 4. The Bertz CT molecular complexity index is 1130. The van der Waals surface area contributed by atoms with Crippen LogP contribution in [0.2, 0.25) is 0 Å². The zero-order valence-corrected chi connectivity index (χ0v) is 23.6. The molecule has 0 saturated carbocycles. The van der Waals surface area contributed by atoms with Crippen molar-refractivity contribution in [1.82, 2.24) is 15.2 Å². The van der Waals surface area contributed by atoms with Crippen LogP contribution in [0.4, 0.5) is 22.4 Å². The molecule has 210 valence electrons. The van der Waals surface area contributed by atoms with Crippen molar-refractivity contribution in [2.45, 2.75) is 84.2 Å². The van der Waals surface area contributed by atoms with Crippen molar-refractivity contribution in [3.63, 3.8) is 0 Å². The molecular weight excluding hydrogens is 518 g/mol. The summed E-state index contributed by atoms with van der Waals surface area (Å²) in [4.78, 5) is 19.8. The first-order valence-electron chi connectivity index (χ1n) is 12.8. The van der Waals surface area contributed by atoms with E-state index in [1.54, 1.807) is 26.1 Å². The number of aryl methyl sites for hydroxylation is 2. The normalized spacial score (nSPS) is 20.7. The Balaban J connectivity index is 2.11. The topological polar surface area (TPSA) is 54.5 Å². The molecule has 3 heterocycles. The molecule has 1 amide bonds. The number of aromatic nitrogens is 1. The number of pyridine rings is 1. The number of rotatable bonds is 9. The van der Waals surface area contributed by atoms with E-state index in [1.807, 2.05) is 37.8 Å². The van der Waals surface area contributed by atoms with Gasteiger partial charge in [-0.2, -0.15) is 17.6 Å². The Labute approximate surface area is 226 Å². The molecule has 38 heavy (non-hydrogen) atoms. The predicted molar refractivity (Wildman–Crippen MR) is 142 cm³/mol. The van der Waals surface area contributed by atoms with Gasteiger partial charge in [-0.3, -0.25) is 9.88 Å². The second-order valence-corrected chi connectivity index (χ2v) is 11.9. The lowest BCUT2D eigenvalue weighted by Gasteiger charge is -2.48. The van der Waals surface area contributed by atoms with Crippen LogP contribution in [0.3, 0.4) is 0 Å². The number of carbonyl (C=O) groups is 1. The number of nitrogens with one attached hydrogen (secondary N) is 1. The van der Waals surface area contributed by atoms with Gasteiger partial charge in [-0.05, 0) is 97.2 Å². The summed E-state index contributed by atoms with van der Waals surface area (Å²) in [6.45, 7) is 11.0. The van der Waals surface area contributed by atoms with Gasteiger partial charge in [-0.15, -0.1) is 11.3 Å². The molecule has 1 aliphatic rings. The molecule has 0 spiro atoms. The van der Waals surface area contributed by atoms with E-state index in [0.717, 1.165) is 28.7 Å². The minimum Gasteiger partial charge on any atom is -0.428 e. The molecule has 0 bridgehead atoms. The zero-order chi connectivity index (χ0) is 28.4. The fourth-order valence-corrected chi connectivity index (χ4v) is 6.05. The van der Waals surface area contributed by atoms with Gasteiger partial charge < -0.3 is 10.1 Å². The minimum atomic E-state index is -4.90. The summed E-state index contributed by atoms with van der Waals surface area (Å²) in [6.07, 6.45) is -1.62. The van der Waals surface area contributed by atoms with Crippen LogP contribution in [0.5, 0.6) is 0 Å². The maximum Gasteiger partial charge on any atom is 0.432 e. The quantitative estimate of drug-likeness (QED) is 0.263. The first-order chi connectivity index (χ1) is 17.7. The van der Waals surface area contributed by atoms with E-state index in [9.17, 15) is 9.18 Å². The van der Waals surface area contributed by atoms with Crippen LogP contribution in [-0.4, -0.2) is 46.9 Å². The summed E-state index contributed by atoms with van der Waals surface area (Å²) in [5.41, 5.74) is -3.33. The van der Waals surface area contributed by atoms with E-state index >= 15 is 13.2 Å². The molecule has 0 radical (unpaired) electrons. The van der Waals surface area contributed by atoms with Crippen LogP contribution in [0, 0.1) is 17.5 Å². The van der Waals surface area contributed by atoms with E-state index in [4.69, 9.17) is 4.74 Å². The van der Waals surface area contributed by atoms with E-state index < -0.39 is 40.0 Å². The summed E-state index contributed by atoms with van der Waals surface area (Å²) >= 11 is 0.920. The van der Waals surface area contributed by atoms with E-state index in [-0.39, 0.29) is 25.8 Å². The summed E-state index contributed by atoms with van der Waals surface area (Å²) in [5.74, 6) is 0. The number of thiophene rings is 1. The van der Waals surface area contributed by atoms with Gasteiger partial charge in [0.25, 0.3) is 0 Å². The smallest absolute Gasteiger partial charge is 0.428 e. The maximum absolute atomic E-state index is 15.2. The van der Waals surface area contributed by atoms with E-state index in [0.29, 0.717) is 11.4 Å². The number of carbonyl (C=O) groups excluding carboxylic acids is 1. The van der Waals surface area contributed by atoms with Gasteiger partial charge in [0.15, 0.2) is 5.13 Å².